The third-order valence-corrected chi connectivity index (χ3v) is 3.26. The Morgan fingerprint density at radius 1 is 1.38 bits per heavy atom. The standard InChI is InChI=1S/C12H14Cl2N2O5/c13-10-7-8(16(19)20)6-9(11(10)14)12(18)15-2-1-4-21-5-3-17/h6-7,17H,1-5H2,(H,15,18). The monoisotopic (exact) mass is 336 g/mol. The van der Waals surface area contributed by atoms with Crippen LogP contribution in [0.25, 0.3) is 0 Å². The lowest BCUT2D eigenvalue weighted by Crippen LogP contribution is -2.25. The average molecular weight is 337 g/mol. The summed E-state index contributed by atoms with van der Waals surface area (Å²) in [6, 6.07) is 2.16. The van der Waals surface area contributed by atoms with Gasteiger partial charge in [0.2, 0.25) is 0 Å². The molecule has 1 amide bonds. The Bertz CT molecular complexity index is 525. The van der Waals surface area contributed by atoms with E-state index in [2.05, 4.69) is 5.32 Å². The molecule has 1 aromatic rings. The molecule has 0 aliphatic carbocycles. The van der Waals surface area contributed by atoms with Gasteiger partial charge < -0.3 is 15.2 Å². The van der Waals surface area contributed by atoms with Gasteiger partial charge in [-0.05, 0) is 6.42 Å². The van der Waals surface area contributed by atoms with Crippen LogP contribution in [0.15, 0.2) is 12.1 Å². The number of carbonyl (C=O) groups is 1. The summed E-state index contributed by atoms with van der Waals surface area (Å²) in [5.41, 5.74) is -0.354. The first-order chi connectivity index (χ1) is 9.97. The number of hydrogen-bond donors (Lipinski definition) is 2. The van der Waals surface area contributed by atoms with E-state index in [9.17, 15) is 14.9 Å². The lowest BCUT2D eigenvalue weighted by atomic mass is 10.2. The van der Waals surface area contributed by atoms with Gasteiger partial charge in [0.05, 0.1) is 33.7 Å². The number of nitrogens with one attached hydrogen (secondary N) is 1. The van der Waals surface area contributed by atoms with E-state index >= 15 is 0 Å². The fourth-order valence-electron chi connectivity index (χ4n) is 1.48. The molecule has 0 radical (unpaired) electrons. The number of amides is 1. The molecule has 0 heterocycles. The van der Waals surface area contributed by atoms with Crippen molar-refractivity contribution in [1.29, 1.82) is 0 Å². The zero-order chi connectivity index (χ0) is 15.8. The first kappa shape index (κ1) is 17.6. The summed E-state index contributed by atoms with van der Waals surface area (Å²) < 4.78 is 5.03. The van der Waals surface area contributed by atoms with Crippen molar-refractivity contribution in [3.05, 3.63) is 37.9 Å². The Balaban J connectivity index is 2.63. The summed E-state index contributed by atoms with van der Waals surface area (Å²) in [6.07, 6.45) is 0.534. The predicted octanol–water partition coefficient (Wildman–Crippen LogP) is 2.03. The van der Waals surface area contributed by atoms with Crippen LogP contribution in [0.4, 0.5) is 5.69 Å². The third-order valence-electron chi connectivity index (χ3n) is 2.46. The predicted molar refractivity (Wildman–Crippen MR) is 78.0 cm³/mol. The summed E-state index contributed by atoms with van der Waals surface area (Å²) in [4.78, 5) is 22.0. The number of ether oxygens (including phenoxy) is 1. The van der Waals surface area contributed by atoms with Crippen LogP contribution >= 0.6 is 23.2 Å². The van der Waals surface area contributed by atoms with E-state index in [-0.39, 0.29) is 34.5 Å². The summed E-state index contributed by atoms with van der Waals surface area (Å²) >= 11 is 11.6. The molecular formula is C12H14Cl2N2O5. The lowest BCUT2D eigenvalue weighted by Gasteiger charge is -2.08. The molecule has 116 valence electrons. The van der Waals surface area contributed by atoms with Gasteiger partial charge in [-0.2, -0.15) is 0 Å². The molecule has 0 aliphatic rings. The molecule has 9 heteroatoms. The molecule has 0 bridgehead atoms. The maximum atomic E-state index is 11.9. The van der Waals surface area contributed by atoms with Crippen molar-refractivity contribution in [2.75, 3.05) is 26.4 Å². The zero-order valence-corrected chi connectivity index (χ0v) is 12.5. The van der Waals surface area contributed by atoms with Crippen molar-refractivity contribution < 1.29 is 19.6 Å². The van der Waals surface area contributed by atoms with Gasteiger partial charge in [-0.25, -0.2) is 0 Å². The molecule has 7 nitrogen and oxygen atoms in total. The van der Waals surface area contributed by atoms with Crippen molar-refractivity contribution in [3.63, 3.8) is 0 Å². The minimum atomic E-state index is -0.651. The Morgan fingerprint density at radius 3 is 2.71 bits per heavy atom. The fourth-order valence-corrected chi connectivity index (χ4v) is 1.89. The SMILES string of the molecule is O=C(NCCCOCCO)c1cc([N+](=O)[O-])cc(Cl)c1Cl. The highest BCUT2D eigenvalue weighted by molar-refractivity contribution is 6.44. The van der Waals surface area contributed by atoms with Gasteiger partial charge in [-0.1, -0.05) is 23.2 Å². The van der Waals surface area contributed by atoms with E-state index in [0.29, 0.717) is 19.6 Å². The van der Waals surface area contributed by atoms with Crippen molar-refractivity contribution in [2.45, 2.75) is 6.42 Å². The zero-order valence-electron chi connectivity index (χ0n) is 11.0. The van der Waals surface area contributed by atoms with E-state index in [1.54, 1.807) is 0 Å². The average Bonchev–Trinajstić information content (AvgIpc) is 2.44. The number of nitro benzene ring substituents is 1. The molecule has 0 atom stereocenters. The Labute approximate surface area is 130 Å². The summed E-state index contributed by atoms with van der Waals surface area (Å²) in [5.74, 6) is -0.548. The number of carbonyl (C=O) groups excluding carboxylic acids is 1. The minimum Gasteiger partial charge on any atom is -0.394 e. The first-order valence-electron chi connectivity index (χ1n) is 6.07. The van der Waals surface area contributed by atoms with Gasteiger partial charge in [-0.3, -0.25) is 14.9 Å². The number of hydrogen-bond acceptors (Lipinski definition) is 5. The van der Waals surface area contributed by atoms with Crippen LogP contribution in [0.2, 0.25) is 10.0 Å². The highest BCUT2D eigenvalue weighted by Gasteiger charge is 2.19. The fraction of sp³-hybridized carbons (Fsp3) is 0.417. The van der Waals surface area contributed by atoms with Crippen LogP contribution in [0.5, 0.6) is 0 Å². The Kier molecular flexibility index (Phi) is 7.38. The maximum absolute atomic E-state index is 11.9. The van der Waals surface area contributed by atoms with Gasteiger partial charge in [0.1, 0.15) is 0 Å². The molecule has 0 aliphatic heterocycles. The number of halogens is 2. The lowest BCUT2D eigenvalue weighted by molar-refractivity contribution is -0.384. The van der Waals surface area contributed by atoms with Crippen LogP contribution in [0, 0.1) is 10.1 Å². The largest absolute Gasteiger partial charge is 0.394 e. The normalized spacial score (nSPS) is 10.4. The van der Waals surface area contributed by atoms with Crippen molar-refractivity contribution in [3.8, 4) is 0 Å². The molecule has 2 N–H and O–H groups in total. The smallest absolute Gasteiger partial charge is 0.271 e. The van der Waals surface area contributed by atoms with Gasteiger partial charge in [0.25, 0.3) is 11.6 Å². The second-order valence-electron chi connectivity index (χ2n) is 3.99. The van der Waals surface area contributed by atoms with Gasteiger partial charge >= 0.3 is 0 Å². The quantitative estimate of drug-likeness (QED) is 0.429. The molecule has 1 rings (SSSR count). The third kappa shape index (κ3) is 5.47. The van der Waals surface area contributed by atoms with E-state index < -0.39 is 10.8 Å². The molecule has 0 spiro atoms. The van der Waals surface area contributed by atoms with Crippen LogP contribution in [0.1, 0.15) is 16.8 Å². The Hall–Kier alpha value is -1.41. The van der Waals surface area contributed by atoms with Crippen LogP contribution < -0.4 is 5.32 Å². The second-order valence-corrected chi connectivity index (χ2v) is 4.78. The van der Waals surface area contributed by atoms with Crippen LogP contribution in [-0.4, -0.2) is 42.3 Å². The number of nitrogens with zero attached hydrogens (tertiary/aromatic N) is 1. The summed E-state index contributed by atoms with van der Waals surface area (Å²) in [6.45, 7) is 0.861. The van der Waals surface area contributed by atoms with E-state index in [1.807, 2.05) is 0 Å². The summed E-state index contributed by atoms with van der Waals surface area (Å²) in [7, 11) is 0. The van der Waals surface area contributed by atoms with Gasteiger partial charge in [-0.15, -0.1) is 0 Å². The number of benzene rings is 1. The molecule has 21 heavy (non-hydrogen) atoms. The van der Waals surface area contributed by atoms with Crippen molar-refractivity contribution in [1.82, 2.24) is 5.32 Å². The van der Waals surface area contributed by atoms with Gasteiger partial charge in [0.15, 0.2) is 0 Å². The second kappa shape index (κ2) is 8.78. The Morgan fingerprint density at radius 2 is 2.10 bits per heavy atom. The van der Waals surface area contributed by atoms with E-state index in [1.165, 1.54) is 0 Å². The highest BCUT2D eigenvalue weighted by Crippen LogP contribution is 2.30. The minimum absolute atomic E-state index is 0.0312. The van der Waals surface area contributed by atoms with Crippen molar-refractivity contribution in [2.24, 2.45) is 0 Å². The van der Waals surface area contributed by atoms with E-state index in [0.717, 1.165) is 12.1 Å². The number of nitro groups is 1. The molecule has 1 aromatic carbocycles. The summed E-state index contributed by atoms with van der Waals surface area (Å²) in [5, 5.41) is 21.7. The van der Waals surface area contributed by atoms with Gasteiger partial charge in [0, 0.05) is 25.3 Å². The molecule has 0 aromatic heterocycles. The number of aliphatic hydroxyl groups excluding tert-OH is 1. The van der Waals surface area contributed by atoms with Crippen LogP contribution in [-0.2, 0) is 4.74 Å². The molecule has 0 saturated carbocycles. The molecule has 0 saturated heterocycles. The number of rotatable bonds is 8. The first-order valence-corrected chi connectivity index (χ1v) is 6.83. The molecular weight excluding hydrogens is 323 g/mol. The van der Waals surface area contributed by atoms with Crippen LogP contribution in [0.3, 0.4) is 0 Å². The number of aliphatic hydroxyl groups is 1. The number of non-ortho nitro benzene ring substituents is 1. The van der Waals surface area contributed by atoms with Crippen molar-refractivity contribution >= 4 is 34.8 Å². The highest BCUT2D eigenvalue weighted by atomic mass is 35.5. The van der Waals surface area contributed by atoms with E-state index in [4.69, 9.17) is 33.0 Å². The topological polar surface area (TPSA) is 102 Å². The maximum Gasteiger partial charge on any atom is 0.271 e. The molecule has 0 unspecified atom stereocenters. The molecule has 0 fully saturated rings.